The minimum absolute atomic E-state index is 0.304. The second-order valence-electron chi connectivity index (χ2n) is 6.79. The lowest BCUT2D eigenvalue weighted by Crippen LogP contribution is -2.13. The van der Waals surface area contributed by atoms with E-state index < -0.39 is 16.6 Å². The Morgan fingerprint density at radius 2 is 2.19 bits per heavy atom. The number of aliphatic hydroxyl groups is 1. The number of esters is 1. The van der Waals surface area contributed by atoms with Crippen LogP contribution >= 0.6 is 10.7 Å². The predicted octanol–water partition coefficient (Wildman–Crippen LogP) is 2.24. The van der Waals surface area contributed by atoms with Crippen molar-refractivity contribution < 1.29 is 19.4 Å². The fourth-order valence-electron chi connectivity index (χ4n) is 2.73. The van der Waals surface area contributed by atoms with Gasteiger partial charge in [0.2, 0.25) is 0 Å². The number of aromatic nitrogens is 2. The Morgan fingerprint density at radius 3 is 2.72 bits per heavy atom. The third kappa shape index (κ3) is 7.73. The molecule has 8 nitrogen and oxygen atoms in total. The van der Waals surface area contributed by atoms with Crippen LogP contribution in [0.5, 0.6) is 0 Å². The van der Waals surface area contributed by atoms with Gasteiger partial charge in [-0.25, -0.2) is 9.48 Å². The quantitative estimate of drug-likeness (QED) is 0.295. The first kappa shape index (κ1) is 27.3. The predicted molar refractivity (Wildman–Crippen MR) is 129 cm³/mol. The summed E-state index contributed by atoms with van der Waals surface area (Å²) in [5, 5.41) is 13.6. The van der Waals surface area contributed by atoms with Crippen LogP contribution in [0.15, 0.2) is 29.3 Å². The number of benzene rings is 1. The highest BCUT2D eigenvalue weighted by Gasteiger charge is 2.29. The Bertz CT molecular complexity index is 963. The Kier molecular flexibility index (Phi) is 12.2. The standard InChI is InChI=1S/C16H15N3O2S.C5H13NO.C2H4O/c1-4-11-7-6-8-12(9-11)19-15-13(10-17-22(15)3)14(18-19)16(20)21-5-2;1-6(2)4-3-5-7;1-2-3/h1,6-9,17H,3,5,10H2,2H3;7H,3-5H2,1-2H3;2H,1H3. The molecule has 1 aromatic heterocycles. The molecule has 0 fully saturated rings. The van der Waals surface area contributed by atoms with Crippen LogP contribution in [0.1, 0.15) is 41.9 Å². The SMILES string of the molecule is C#Cc1cccc(-n2nc(C(=O)OCC)c3c2S(=C)NC3)c1.CC=O.CN(C)CCCO. The molecule has 9 heteroatoms. The van der Waals surface area contributed by atoms with Gasteiger partial charge in [0.1, 0.15) is 11.3 Å². The van der Waals surface area contributed by atoms with Gasteiger partial charge >= 0.3 is 5.97 Å². The molecule has 174 valence electrons. The van der Waals surface area contributed by atoms with Gasteiger partial charge in [0.05, 0.1) is 12.3 Å². The van der Waals surface area contributed by atoms with Crippen molar-refractivity contribution in [2.45, 2.75) is 31.8 Å². The summed E-state index contributed by atoms with van der Waals surface area (Å²) in [4.78, 5) is 23.0. The smallest absolute Gasteiger partial charge is 0.359 e. The number of carbonyl (C=O) groups excluding carboxylic acids is 2. The zero-order valence-corrected chi connectivity index (χ0v) is 19.9. The van der Waals surface area contributed by atoms with Gasteiger partial charge < -0.3 is 19.5 Å². The van der Waals surface area contributed by atoms with E-state index in [4.69, 9.17) is 21.1 Å². The fraction of sp³-hybridized carbons (Fsp3) is 0.391. The molecule has 0 radical (unpaired) electrons. The van der Waals surface area contributed by atoms with E-state index in [2.05, 4.69) is 26.5 Å². The number of terminal acetylenes is 1. The van der Waals surface area contributed by atoms with Crippen molar-refractivity contribution >= 4 is 28.8 Å². The zero-order valence-electron chi connectivity index (χ0n) is 19.1. The number of hydrogen-bond donors (Lipinski definition) is 2. The first-order valence-electron chi connectivity index (χ1n) is 10.1. The van der Waals surface area contributed by atoms with Crippen molar-refractivity contribution in [2.75, 3.05) is 33.9 Å². The van der Waals surface area contributed by atoms with Crippen LogP contribution in [0.25, 0.3) is 5.69 Å². The Balaban J connectivity index is 0.000000433. The van der Waals surface area contributed by atoms with Crippen LogP contribution in [0.2, 0.25) is 0 Å². The molecule has 1 atom stereocenters. The maximum absolute atomic E-state index is 12.1. The molecule has 0 aliphatic carbocycles. The lowest BCUT2D eigenvalue weighted by Gasteiger charge is -2.07. The van der Waals surface area contributed by atoms with Gasteiger partial charge in [-0.1, -0.05) is 28.5 Å². The third-order valence-electron chi connectivity index (χ3n) is 4.08. The number of ether oxygens (including phenoxy) is 1. The van der Waals surface area contributed by atoms with E-state index in [9.17, 15) is 4.79 Å². The number of rotatable bonds is 6. The molecule has 0 bridgehead atoms. The molecule has 2 heterocycles. The van der Waals surface area contributed by atoms with Crippen molar-refractivity contribution in [1.82, 2.24) is 19.4 Å². The Hall–Kier alpha value is -2.77. The molecule has 1 unspecified atom stereocenters. The largest absolute Gasteiger partial charge is 0.461 e. The van der Waals surface area contributed by atoms with Gasteiger partial charge in [0.25, 0.3) is 0 Å². The summed E-state index contributed by atoms with van der Waals surface area (Å²) in [7, 11) is 3.56. The third-order valence-corrected chi connectivity index (χ3v) is 5.46. The van der Waals surface area contributed by atoms with E-state index in [1.807, 2.05) is 38.4 Å². The zero-order chi connectivity index (χ0) is 24.1. The van der Waals surface area contributed by atoms with Crippen molar-refractivity contribution in [1.29, 1.82) is 0 Å². The summed E-state index contributed by atoms with van der Waals surface area (Å²) in [6.45, 7) is 5.38. The highest BCUT2D eigenvalue weighted by atomic mass is 32.2. The minimum Gasteiger partial charge on any atom is -0.461 e. The summed E-state index contributed by atoms with van der Waals surface area (Å²) in [5.41, 5.74) is 2.76. The van der Waals surface area contributed by atoms with Crippen molar-refractivity contribution in [3.8, 4) is 18.0 Å². The van der Waals surface area contributed by atoms with E-state index in [-0.39, 0.29) is 0 Å². The molecule has 1 aromatic carbocycles. The molecule has 0 saturated heterocycles. The number of carbonyl (C=O) groups is 2. The average Bonchev–Trinajstić information content (AvgIpc) is 3.34. The van der Waals surface area contributed by atoms with E-state index in [0.29, 0.717) is 25.5 Å². The maximum atomic E-state index is 12.1. The van der Waals surface area contributed by atoms with Gasteiger partial charge in [-0.05, 0) is 59.1 Å². The molecule has 32 heavy (non-hydrogen) atoms. The lowest BCUT2D eigenvalue weighted by atomic mass is 10.2. The monoisotopic (exact) mass is 460 g/mol. The molecule has 0 spiro atoms. The molecule has 2 aromatic rings. The van der Waals surface area contributed by atoms with E-state index in [1.165, 1.54) is 6.92 Å². The summed E-state index contributed by atoms with van der Waals surface area (Å²) < 4.78 is 10.1. The van der Waals surface area contributed by atoms with E-state index in [1.54, 1.807) is 11.6 Å². The van der Waals surface area contributed by atoms with Gasteiger partial charge in [-0.15, -0.1) is 6.42 Å². The van der Waals surface area contributed by atoms with Crippen LogP contribution in [0.3, 0.4) is 0 Å². The molecular formula is C23H32N4O4S. The number of aldehydes is 1. The van der Waals surface area contributed by atoms with Gasteiger partial charge in [-0.3, -0.25) is 4.72 Å². The van der Waals surface area contributed by atoms with Gasteiger partial charge in [0, 0.05) is 24.3 Å². The van der Waals surface area contributed by atoms with Crippen LogP contribution < -0.4 is 4.72 Å². The molecule has 0 saturated carbocycles. The summed E-state index contributed by atoms with van der Waals surface area (Å²) in [6, 6.07) is 7.48. The van der Waals surface area contributed by atoms with Crippen LogP contribution in [0.4, 0.5) is 0 Å². The second kappa shape index (κ2) is 14.3. The number of nitrogens with one attached hydrogen (secondary N) is 1. The van der Waals surface area contributed by atoms with E-state index >= 15 is 0 Å². The highest BCUT2D eigenvalue weighted by Crippen LogP contribution is 2.36. The van der Waals surface area contributed by atoms with Crippen molar-refractivity contribution in [3.05, 3.63) is 41.1 Å². The lowest BCUT2D eigenvalue weighted by molar-refractivity contribution is -0.106. The second-order valence-corrected chi connectivity index (χ2v) is 8.24. The number of hydrogen-bond acceptors (Lipinski definition) is 7. The number of fused-ring (bicyclic) bond motifs is 1. The van der Waals surface area contributed by atoms with Crippen molar-refractivity contribution in [3.63, 3.8) is 0 Å². The molecule has 3 rings (SSSR count). The molecule has 1 aliphatic rings. The van der Waals surface area contributed by atoms with Gasteiger partial charge in [0.15, 0.2) is 5.69 Å². The maximum Gasteiger partial charge on any atom is 0.359 e. The molecular weight excluding hydrogens is 428 g/mol. The fourth-order valence-corrected chi connectivity index (χ4v) is 4.00. The van der Waals surface area contributed by atoms with Crippen molar-refractivity contribution in [2.24, 2.45) is 0 Å². The van der Waals surface area contributed by atoms with E-state index in [0.717, 1.165) is 41.1 Å². The minimum atomic E-state index is -0.427. The summed E-state index contributed by atoms with van der Waals surface area (Å²) >= 11 is 0. The highest BCUT2D eigenvalue weighted by molar-refractivity contribution is 8.12. The summed E-state index contributed by atoms with van der Waals surface area (Å²) in [6.07, 6.45) is 7.09. The normalized spacial score (nSPS) is 13.7. The average molecular weight is 461 g/mol. The van der Waals surface area contributed by atoms with Crippen LogP contribution in [-0.2, 0) is 16.1 Å². The van der Waals surface area contributed by atoms with Crippen LogP contribution in [0, 0.1) is 12.3 Å². The molecule has 2 N–H and O–H groups in total. The van der Waals surface area contributed by atoms with Crippen LogP contribution in [-0.4, -0.2) is 71.8 Å². The first-order valence-corrected chi connectivity index (χ1v) is 11.5. The topological polar surface area (TPSA) is 96.7 Å². The molecule has 0 amide bonds. The van der Waals surface area contributed by atoms with Gasteiger partial charge in [-0.2, -0.15) is 5.10 Å². The summed E-state index contributed by atoms with van der Waals surface area (Å²) in [5.74, 6) is 6.28. The Morgan fingerprint density at radius 1 is 1.50 bits per heavy atom. The number of nitrogens with zero attached hydrogens (tertiary/aromatic N) is 3. The number of aliphatic hydroxyl groups excluding tert-OH is 1. The molecule has 1 aliphatic heterocycles. The first-order chi connectivity index (χ1) is 15.3. The Labute approximate surface area is 192 Å².